The summed E-state index contributed by atoms with van der Waals surface area (Å²) in [4.78, 5) is 24.9. The van der Waals surface area contributed by atoms with Gasteiger partial charge in [0, 0.05) is 6.07 Å². The standard InChI is InChI=1S/C24H13F5O5/c1-11-17(12-5-3-2-4-6-12)23(31)14-8-7-13(9-15(14)33-11)34-16(30)10-32-24-21(28)19(26)18(25)20(27)22(24)29/h2-9H,10H2,1H3. The lowest BCUT2D eigenvalue weighted by atomic mass is 10.0. The van der Waals surface area contributed by atoms with Gasteiger partial charge in [-0.15, -0.1) is 0 Å². The van der Waals surface area contributed by atoms with Gasteiger partial charge in [-0.3, -0.25) is 4.79 Å². The smallest absolute Gasteiger partial charge is 0.349 e. The van der Waals surface area contributed by atoms with E-state index in [0.717, 1.165) is 0 Å². The van der Waals surface area contributed by atoms with E-state index in [1.54, 1.807) is 37.3 Å². The first kappa shape index (κ1) is 23.0. The Hall–Kier alpha value is -4.21. The SMILES string of the molecule is Cc1oc2cc(OC(=O)COc3c(F)c(F)c(F)c(F)c3F)ccc2c(=O)c1-c1ccccc1. The lowest BCUT2D eigenvalue weighted by molar-refractivity contribution is -0.136. The highest BCUT2D eigenvalue weighted by atomic mass is 19.2. The summed E-state index contributed by atoms with van der Waals surface area (Å²) in [6.45, 7) is 0.437. The molecular weight excluding hydrogens is 463 g/mol. The monoisotopic (exact) mass is 476 g/mol. The fraction of sp³-hybridized carbons (Fsp3) is 0.0833. The lowest BCUT2D eigenvalue weighted by Gasteiger charge is -2.11. The van der Waals surface area contributed by atoms with Crippen molar-refractivity contribution in [1.82, 2.24) is 0 Å². The minimum atomic E-state index is -2.35. The summed E-state index contributed by atoms with van der Waals surface area (Å²) in [6, 6.07) is 12.7. The van der Waals surface area contributed by atoms with Crippen molar-refractivity contribution in [1.29, 1.82) is 0 Å². The van der Waals surface area contributed by atoms with E-state index in [9.17, 15) is 31.5 Å². The molecule has 4 rings (SSSR count). The molecule has 34 heavy (non-hydrogen) atoms. The average Bonchev–Trinajstić information content (AvgIpc) is 2.82. The molecule has 0 atom stereocenters. The number of fused-ring (bicyclic) bond motifs is 1. The number of benzene rings is 3. The van der Waals surface area contributed by atoms with Crippen LogP contribution in [0.3, 0.4) is 0 Å². The van der Waals surface area contributed by atoms with E-state index in [0.29, 0.717) is 16.9 Å². The fourth-order valence-corrected chi connectivity index (χ4v) is 3.29. The maximum atomic E-state index is 13.6. The zero-order valence-electron chi connectivity index (χ0n) is 17.3. The summed E-state index contributed by atoms with van der Waals surface area (Å²) >= 11 is 0. The van der Waals surface area contributed by atoms with Crippen LogP contribution in [0.5, 0.6) is 11.5 Å². The third kappa shape index (κ3) is 4.09. The van der Waals surface area contributed by atoms with Crippen LogP contribution in [0.25, 0.3) is 22.1 Å². The molecule has 1 heterocycles. The highest BCUT2D eigenvalue weighted by molar-refractivity contribution is 5.84. The molecule has 0 aliphatic carbocycles. The van der Waals surface area contributed by atoms with E-state index in [2.05, 4.69) is 4.74 Å². The molecule has 0 saturated heterocycles. The van der Waals surface area contributed by atoms with Gasteiger partial charge in [0.2, 0.25) is 34.5 Å². The molecule has 174 valence electrons. The van der Waals surface area contributed by atoms with Crippen molar-refractivity contribution < 1.29 is 40.6 Å². The zero-order chi connectivity index (χ0) is 24.6. The first-order valence-corrected chi connectivity index (χ1v) is 9.66. The highest BCUT2D eigenvalue weighted by Crippen LogP contribution is 2.29. The number of hydrogen-bond acceptors (Lipinski definition) is 5. The minimum absolute atomic E-state index is 0.103. The molecule has 10 heteroatoms. The normalized spacial score (nSPS) is 11.0. The van der Waals surface area contributed by atoms with Crippen molar-refractivity contribution in [2.75, 3.05) is 6.61 Å². The van der Waals surface area contributed by atoms with Crippen molar-refractivity contribution in [2.45, 2.75) is 6.92 Å². The van der Waals surface area contributed by atoms with Crippen LogP contribution >= 0.6 is 0 Å². The number of aryl methyl sites for hydroxylation is 1. The molecule has 0 aliphatic rings. The Morgan fingerprint density at radius 2 is 1.50 bits per heavy atom. The average molecular weight is 476 g/mol. The molecule has 4 aromatic rings. The Kier molecular flexibility index (Phi) is 6.06. The number of ether oxygens (including phenoxy) is 2. The van der Waals surface area contributed by atoms with E-state index in [-0.39, 0.29) is 22.1 Å². The first-order valence-electron chi connectivity index (χ1n) is 9.66. The quantitative estimate of drug-likeness (QED) is 0.126. The van der Waals surface area contributed by atoms with E-state index < -0.39 is 47.4 Å². The summed E-state index contributed by atoms with van der Waals surface area (Å²) in [7, 11) is 0. The van der Waals surface area contributed by atoms with Gasteiger partial charge in [-0.2, -0.15) is 8.78 Å². The maximum Gasteiger partial charge on any atom is 0.349 e. The molecule has 1 aromatic heterocycles. The fourth-order valence-electron chi connectivity index (χ4n) is 3.29. The van der Waals surface area contributed by atoms with Crippen LogP contribution < -0.4 is 14.9 Å². The Balaban J connectivity index is 1.55. The Bertz CT molecular complexity index is 1450. The Morgan fingerprint density at radius 1 is 0.882 bits per heavy atom. The molecule has 0 N–H and O–H groups in total. The first-order chi connectivity index (χ1) is 16.2. The Morgan fingerprint density at radius 3 is 2.15 bits per heavy atom. The number of carbonyl (C=O) groups is 1. The van der Waals surface area contributed by atoms with Gasteiger partial charge in [-0.05, 0) is 24.6 Å². The molecule has 0 bridgehead atoms. The molecule has 3 aromatic carbocycles. The van der Waals surface area contributed by atoms with Gasteiger partial charge in [-0.25, -0.2) is 18.0 Å². The summed E-state index contributed by atoms with van der Waals surface area (Å²) < 4.78 is 82.0. The highest BCUT2D eigenvalue weighted by Gasteiger charge is 2.27. The van der Waals surface area contributed by atoms with Crippen molar-refractivity contribution in [3.05, 3.63) is 93.6 Å². The van der Waals surface area contributed by atoms with E-state index in [1.165, 1.54) is 18.2 Å². The molecule has 0 saturated carbocycles. The summed E-state index contributed by atoms with van der Waals surface area (Å²) in [5, 5.41) is 0.210. The van der Waals surface area contributed by atoms with Gasteiger partial charge in [-0.1, -0.05) is 30.3 Å². The van der Waals surface area contributed by atoms with Gasteiger partial charge in [0.1, 0.15) is 17.1 Å². The third-order valence-electron chi connectivity index (χ3n) is 4.84. The van der Waals surface area contributed by atoms with Crippen LogP contribution in [0.15, 0.2) is 57.7 Å². The van der Waals surface area contributed by atoms with E-state index in [4.69, 9.17) is 9.15 Å². The van der Waals surface area contributed by atoms with Gasteiger partial charge >= 0.3 is 5.97 Å². The minimum Gasteiger partial charge on any atom is -0.476 e. The van der Waals surface area contributed by atoms with Crippen molar-refractivity contribution >= 4 is 16.9 Å². The lowest BCUT2D eigenvalue weighted by Crippen LogP contribution is -2.19. The predicted molar refractivity (Wildman–Crippen MR) is 110 cm³/mol. The van der Waals surface area contributed by atoms with Gasteiger partial charge < -0.3 is 13.9 Å². The zero-order valence-corrected chi connectivity index (χ0v) is 17.3. The van der Waals surface area contributed by atoms with Crippen LogP contribution in [-0.2, 0) is 4.79 Å². The summed E-state index contributed by atoms with van der Waals surface area (Å²) in [5.74, 6) is -13.8. The second-order valence-electron chi connectivity index (χ2n) is 7.05. The molecule has 0 amide bonds. The van der Waals surface area contributed by atoms with Crippen LogP contribution in [0, 0.1) is 36.0 Å². The Labute approximate surface area is 188 Å². The van der Waals surface area contributed by atoms with Crippen molar-refractivity contribution in [3.63, 3.8) is 0 Å². The third-order valence-corrected chi connectivity index (χ3v) is 4.84. The van der Waals surface area contributed by atoms with Crippen molar-refractivity contribution in [2.24, 2.45) is 0 Å². The van der Waals surface area contributed by atoms with Gasteiger partial charge in [0.15, 0.2) is 12.4 Å². The number of halogens is 5. The van der Waals surface area contributed by atoms with E-state index in [1.807, 2.05) is 0 Å². The molecule has 0 radical (unpaired) electrons. The predicted octanol–water partition coefficient (Wildman–Crippen LogP) is 5.45. The van der Waals surface area contributed by atoms with Crippen LogP contribution in [0.4, 0.5) is 22.0 Å². The molecule has 0 fully saturated rings. The van der Waals surface area contributed by atoms with Crippen LogP contribution in [-0.4, -0.2) is 12.6 Å². The topological polar surface area (TPSA) is 65.7 Å². The number of hydrogen-bond donors (Lipinski definition) is 0. The summed E-state index contributed by atoms with van der Waals surface area (Å²) in [5.41, 5.74) is 0.830. The molecule has 5 nitrogen and oxygen atoms in total. The molecule has 0 aliphatic heterocycles. The second kappa shape index (κ2) is 8.97. The number of carbonyl (C=O) groups excluding carboxylic acids is 1. The molecule has 0 spiro atoms. The maximum absolute atomic E-state index is 13.6. The van der Waals surface area contributed by atoms with Crippen molar-refractivity contribution in [3.8, 4) is 22.6 Å². The largest absolute Gasteiger partial charge is 0.476 e. The summed E-state index contributed by atoms with van der Waals surface area (Å²) in [6.07, 6.45) is 0. The molecule has 0 unspecified atom stereocenters. The number of rotatable bonds is 5. The van der Waals surface area contributed by atoms with Crippen LogP contribution in [0.2, 0.25) is 0 Å². The van der Waals surface area contributed by atoms with Gasteiger partial charge in [0.25, 0.3) is 0 Å². The van der Waals surface area contributed by atoms with Gasteiger partial charge in [0.05, 0.1) is 10.9 Å². The number of esters is 1. The van der Waals surface area contributed by atoms with E-state index >= 15 is 0 Å². The second-order valence-corrected chi connectivity index (χ2v) is 7.05. The molecular formula is C24H13F5O5. The van der Waals surface area contributed by atoms with Crippen LogP contribution in [0.1, 0.15) is 5.76 Å².